The first-order chi connectivity index (χ1) is 10.9. The summed E-state index contributed by atoms with van der Waals surface area (Å²) in [4.78, 5) is 2.01. The van der Waals surface area contributed by atoms with E-state index in [0.29, 0.717) is 12.1 Å². The predicted octanol–water partition coefficient (Wildman–Crippen LogP) is 4.36. The summed E-state index contributed by atoms with van der Waals surface area (Å²) in [6.07, 6.45) is -2.56. The molecule has 0 aliphatic carbocycles. The van der Waals surface area contributed by atoms with Crippen molar-refractivity contribution >= 4 is 0 Å². The molecular formula is C18H18F3NO. The van der Waals surface area contributed by atoms with Gasteiger partial charge >= 0.3 is 6.18 Å². The summed E-state index contributed by atoms with van der Waals surface area (Å²) >= 11 is 0. The Morgan fingerprint density at radius 1 is 1.04 bits per heavy atom. The van der Waals surface area contributed by atoms with Crippen molar-refractivity contribution in [2.75, 3.05) is 6.54 Å². The van der Waals surface area contributed by atoms with E-state index in [1.165, 1.54) is 12.1 Å². The van der Waals surface area contributed by atoms with Gasteiger partial charge in [-0.2, -0.15) is 13.2 Å². The summed E-state index contributed by atoms with van der Waals surface area (Å²) in [5.74, 6) is 0.196. The lowest BCUT2D eigenvalue weighted by Crippen LogP contribution is -2.24. The number of benzene rings is 2. The lowest BCUT2D eigenvalue weighted by molar-refractivity contribution is -0.138. The van der Waals surface area contributed by atoms with E-state index in [2.05, 4.69) is 0 Å². The van der Waals surface area contributed by atoms with E-state index in [9.17, 15) is 18.3 Å². The Kier molecular flexibility index (Phi) is 4.31. The van der Waals surface area contributed by atoms with Crippen LogP contribution < -0.4 is 0 Å². The predicted molar refractivity (Wildman–Crippen MR) is 82.0 cm³/mol. The van der Waals surface area contributed by atoms with E-state index in [1.807, 2.05) is 11.0 Å². The molecule has 1 N–H and O–H groups in total. The van der Waals surface area contributed by atoms with Crippen LogP contribution in [0.4, 0.5) is 13.2 Å². The normalized spacial score (nSPS) is 16.0. The molecule has 0 spiro atoms. The van der Waals surface area contributed by atoms with Crippen molar-refractivity contribution < 1.29 is 18.3 Å². The van der Waals surface area contributed by atoms with Gasteiger partial charge in [0.2, 0.25) is 0 Å². The van der Waals surface area contributed by atoms with Crippen LogP contribution in [0.25, 0.3) is 0 Å². The Morgan fingerprint density at radius 2 is 1.83 bits per heavy atom. The summed E-state index contributed by atoms with van der Waals surface area (Å²) < 4.78 is 39.4. The second kappa shape index (κ2) is 6.24. The fourth-order valence-corrected chi connectivity index (χ4v) is 3.13. The molecule has 0 unspecified atom stereocenters. The molecule has 0 amide bonds. The number of aryl methyl sites for hydroxylation is 1. The number of hydrogen-bond acceptors (Lipinski definition) is 2. The van der Waals surface area contributed by atoms with E-state index in [-0.39, 0.29) is 12.3 Å². The van der Waals surface area contributed by atoms with Crippen molar-refractivity contribution in [2.45, 2.75) is 32.1 Å². The molecule has 0 atom stereocenters. The molecule has 1 aliphatic heterocycles. The second-order valence-corrected chi connectivity index (χ2v) is 5.92. The van der Waals surface area contributed by atoms with Gasteiger partial charge in [-0.1, -0.05) is 24.3 Å². The largest absolute Gasteiger partial charge is 0.508 e. The minimum Gasteiger partial charge on any atom is -0.508 e. The van der Waals surface area contributed by atoms with Gasteiger partial charge in [0.15, 0.2) is 0 Å². The van der Waals surface area contributed by atoms with Crippen LogP contribution in [0.15, 0.2) is 42.5 Å². The molecule has 0 saturated heterocycles. The van der Waals surface area contributed by atoms with Crippen LogP contribution in [-0.4, -0.2) is 16.6 Å². The van der Waals surface area contributed by atoms with Gasteiger partial charge in [0, 0.05) is 13.1 Å². The van der Waals surface area contributed by atoms with E-state index < -0.39 is 11.7 Å². The van der Waals surface area contributed by atoms with Gasteiger partial charge in [-0.05, 0) is 54.3 Å². The number of hydrogen-bond donors (Lipinski definition) is 1. The zero-order valence-electron chi connectivity index (χ0n) is 12.6. The quantitative estimate of drug-likeness (QED) is 0.888. The van der Waals surface area contributed by atoms with Crippen LogP contribution in [-0.2, 0) is 25.7 Å². The topological polar surface area (TPSA) is 23.5 Å². The Morgan fingerprint density at radius 3 is 2.61 bits per heavy atom. The number of aromatic hydroxyl groups is 1. The average molecular weight is 321 g/mol. The van der Waals surface area contributed by atoms with E-state index in [4.69, 9.17) is 0 Å². The molecule has 1 heterocycles. The maximum Gasteiger partial charge on any atom is 0.416 e. The molecule has 1 aliphatic rings. The molecule has 23 heavy (non-hydrogen) atoms. The number of nitrogens with zero attached hydrogens (tertiary/aromatic N) is 1. The standard InChI is InChI=1S/C18H18F3NO/c19-18(20,21)17-6-2-1-4-14(17)11-22-9-3-5-13-7-8-16(23)10-15(13)12-22/h1-2,4,6-8,10,23H,3,5,9,11-12H2. The molecule has 0 aromatic heterocycles. The molecule has 0 radical (unpaired) electrons. The monoisotopic (exact) mass is 321 g/mol. The molecule has 2 aromatic rings. The Labute approximate surface area is 133 Å². The highest BCUT2D eigenvalue weighted by Gasteiger charge is 2.33. The summed E-state index contributed by atoms with van der Waals surface area (Å²) in [6.45, 7) is 1.54. The molecular weight excluding hydrogens is 303 g/mol. The number of phenolic OH excluding ortho intramolecular Hbond substituents is 1. The van der Waals surface area contributed by atoms with Crippen molar-refractivity contribution in [3.8, 4) is 5.75 Å². The third kappa shape index (κ3) is 3.67. The lowest BCUT2D eigenvalue weighted by atomic mass is 10.0. The van der Waals surface area contributed by atoms with Crippen LogP contribution in [0.1, 0.15) is 28.7 Å². The molecule has 0 saturated carbocycles. The van der Waals surface area contributed by atoms with Gasteiger partial charge in [0.05, 0.1) is 5.56 Å². The maximum absolute atomic E-state index is 13.1. The molecule has 3 rings (SSSR count). The lowest BCUT2D eigenvalue weighted by Gasteiger charge is -2.22. The number of alkyl halides is 3. The highest BCUT2D eigenvalue weighted by Crippen LogP contribution is 2.33. The van der Waals surface area contributed by atoms with Crippen molar-refractivity contribution in [3.63, 3.8) is 0 Å². The number of phenols is 1. The zero-order chi connectivity index (χ0) is 16.4. The third-order valence-corrected chi connectivity index (χ3v) is 4.22. The molecule has 0 fully saturated rings. The summed E-state index contributed by atoms with van der Waals surface area (Å²) in [6, 6.07) is 11.0. The third-order valence-electron chi connectivity index (χ3n) is 4.22. The van der Waals surface area contributed by atoms with Crippen molar-refractivity contribution in [1.82, 2.24) is 4.90 Å². The number of halogens is 3. The molecule has 0 bridgehead atoms. The van der Waals surface area contributed by atoms with Crippen molar-refractivity contribution in [3.05, 3.63) is 64.7 Å². The van der Waals surface area contributed by atoms with Gasteiger partial charge in [0.25, 0.3) is 0 Å². The first-order valence-electron chi connectivity index (χ1n) is 7.62. The van der Waals surface area contributed by atoms with Crippen LogP contribution in [0.3, 0.4) is 0 Å². The van der Waals surface area contributed by atoms with Gasteiger partial charge in [-0.25, -0.2) is 0 Å². The number of rotatable bonds is 2. The van der Waals surface area contributed by atoms with Gasteiger partial charge in [0.1, 0.15) is 5.75 Å². The van der Waals surface area contributed by atoms with Crippen LogP contribution in [0, 0.1) is 0 Å². The maximum atomic E-state index is 13.1. The van der Waals surface area contributed by atoms with Gasteiger partial charge in [-0.15, -0.1) is 0 Å². The summed E-state index contributed by atoms with van der Waals surface area (Å²) in [7, 11) is 0. The van der Waals surface area contributed by atoms with E-state index in [1.54, 1.807) is 18.2 Å². The molecule has 2 nitrogen and oxygen atoms in total. The molecule has 5 heteroatoms. The van der Waals surface area contributed by atoms with Crippen LogP contribution >= 0.6 is 0 Å². The SMILES string of the molecule is Oc1ccc2c(c1)CN(Cc1ccccc1C(F)(F)F)CCC2. The molecule has 122 valence electrons. The Hall–Kier alpha value is -2.01. The smallest absolute Gasteiger partial charge is 0.416 e. The highest BCUT2D eigenvalue weighted by molar-refractivity contribution is 5.36. The zero-order valence-corrected chi connectivity index (χ0v) is 12.6. The van der Waals surface area contributed by atoms with Crippen LogP contribution in [0.5, 0.6) is 5.75 Å². The first-order valence-corrected chi connectivity index (χ1v) is 7.62. The number of fused-ring (bicyclic) bond motifs is 1. The first kappa shape index (κ1) is 15.9. The average Bonchev–Trinajstić information content (AvgIpc) is 2.68. The summed E-state index contributed by atoms with van der Waals surface area (Å²) in [5, 5.41) is 9.64. The van der Waals surface area contributed by atoms with E-state index >= 15 is 0 Å². The minimum absolute atomic E-state index is 0.196. The highest BCUT2D eigenvalue weighted by atomic mass is 19.4. The fourth-order valence-electron chi connectivity index (χ4n) is 3.13. The molecule has 2 aromatic carbocycles. The Bertz CT molecular complexity index is 697. The summed E-state index contributed by atoms with van der Waals surface area (Å²) in [5.41, 5.74) is 1.88. The van der Waals surface area contributed by atoms with Gasteiger partial charge in [-0.3, -0.25) is 4.90 Å². The second-order valence-electron chi connectivity index (χ2n) is 5.92. The Balaban J connectivity index is 1.84. The van der Waals surface area contributed by atoms with Crippen LogP contribution in [0.2, 0.25) is 0 Å². The van der Waals surface area contributed by atoms with Crippen molar-refractivity contribution in [2.24, 2.45) is 0 Å². The van der Waals surface area contributed by atoms with Gasteiger partial charge < -0.3 is 5.11 Å². The minimum atomic E-state index is -4.33. The van der Waals surface area contributed by atoms with Crippen molar-refractivity contribution in [1.29, 1.82) is 0 Å². The van der Waals surface area contributed by atoms with E-state index in [0.717, 1.165) is 36.6 Å². The fraction of sp³-hybridized carbons (Fsp3) is 0.333.